The van der Waals surface area contributed by atoms with Crippen molar-refractivity contribution in [2.24, 2.45) is 7.05 Å². The van der Waals surface area contributed by atoms with Gasteiger partial charge in [0.2, 0.25) is 0 Å². The van der Waals surface area contributed by atoms with Crippen LogP contribution in [0.15, 0.2) is 28.9 Å². The van der Waals surface area contributed by atoms with Crippen molar-refractivity contribution in [1.29, 1.82) is 0 Å². The molecule has 0 saturated carbocycles. The number of aryl methyl sites for hydroxylation is 2. The fourth-order valence-electron chi connectivity index (χ4n) is 2.21. The highest BCUT2D eigenvalue weighted by atomic mass is 79.9. The lowest BCUT2D eigenvalue weighted by Gasteiger charge is -2.05. The molecular formula is C13H14BrN5. The summed E-state index contributed by atoms with van der Waals surface area (Å²) in [6.45, 7) is 2.64. The Kier molecular flexibility index (Phi) is 2.82. The van der Waals surface area contributed by atoms with Crippen molar-refractivity contribution in [3.8, 4) is 0 Å². The fourth-order valence-corrected chi connectivity index (χ4v) is 2.67. The molecule has 2 N–H and O–H groups in total. The Balaban J connectivity index is 2.08. The monoisotopic (exact) mass is 319 g/mol. The number of rotatable bonds is 2. The van der Waals surface area contributed by atoms with E-state index >= 15 is 0 Å². The van der Waals surface area contributed by atoms with Gasteiger partial charge in [-0.05, 0) is 41.1 Å². The number of nitrogens with zero attached hydrogens (tertiary/aromatic N) is 4. The van der Waals surface area contributed by atoms with Crippen molar-refractivity contribution in [3.05, 3.63) is 40.3 Å². The topological polar surface area (TPSA) is 61.7 Å². The van der Waals surface area contributed by atoms with Gasteiger partial charge in [-0.25, -0.2) is 0 Å². The largest absolute Gasteiger partial charge is 0.399 e. The van der Waals surface area contributed by atoms with Crippen molar-refractivity contribution >= 4 is 32.5 Å². The van der Waals surface area contributed by atoms with E-state index in [1.807, 2.05) is 47.7 Å². The normalized spacial score (nSPS) is 11.3. The minimum atomic E-state index is 0.658. The molecule has 0 fully saturated rings. The Hall–Kier alpha value is -1.82. The minimum absolute atomic E-state index is 0.658. The lowest BCUT2D eigenvalue weighted by Crippen LogP contribution is -2.07. The third-order valence-electron chi connectivity index (χ3n) is 3.23. The highest BCUT2D eigenvalue weighted by Gasteiger charge is 2.13. The Morgan fingerprint density at radius 3 is 2.84 bits per heavy atom. The molecular weight excluding hydrogens is 306 g/mol. The van der Waals surface area contributed by atoms with Crippen molar-refractivity contribution in [1.82, 2.24) is 19.6 Å². The molecule has 0 bridgehead atoms. The second-order valence-corrected chi connectivity index (χ2v) is 5.38. The summed E-state index contributed by atoms with van der Waals surface area (Å²) in [5, 5.41) is 9.90. The average Bonchev–Trinajstić information content (AvgIpc) is 2.86. The van der Waals surface area contributed by atoms with Gasteiger partial charge < -0.3 is 5.73 Å². The van der Waals surface area contributed by atoms with E-state index in [0.717, 1.165) is 32.5 Å². The van der Waals surface area contributed by atoms with Gasteiger partial charge in [-0.15, -0.1) is 0 Å². The Morgan fingerprint density at radius 2 is 2.16 bits per heavy atom. The zero-order chi connectivity index (χ0) is 13.6. The van der Waals surface area contributed by atoms with Gasteiger partial charge in [0, 0.05) is 18.1 Å². The molecule has 0 aliphatic carbocycles. The van der Waals surface area contributed by atoms with E-state index in [-0.39, 0.29) is 0 Å². The minimum Gasteiger partial charge on any atom is -0.399 e. The van der Waals surface area contributed by atoms with Crippen LogP contribution in [-0.4, -0.2) is 19.6 Å². The molecule has 5 nitrogen and oxygen atoms in total. The van der Waals surface area contributed by atoms with Crippen LogP contribution in [0.1, 0.15) is 11.4 Å². The number of halogens is 1. The van der Waals surface area contributed by atoms with Crippen molar-refractivity contribution in [2.45, 2.75) is 13.5 Å². The number of nitrogens with two attached hydrogens (primary N) is 1. The average molecular weight is 320 g/mol. The van der Waals surface area contributed by atoms with Gasteiger partial charge in [-0.2, -0.15) is 10.2 Å². The van der Waals surface area contributed by atoms with Gasteiger partial charge in [0.05, 0.1) is 34.1 Å². The maximum Gasteiger partial charge on any atom is 0.0846 e. The molecule has 2 heterocycles. The second-order valence-electron chi connectivity index (χ2n) is 4.59. The van der Waals surface area contributed by atoms with Crippen LogP contribution >= 0.6 is 15.9 Å². The predicted molar refractivity (Wildman–Crippen MR) is 78.9 cm³/mol. The molecule has 0 spiro atoms. The summed E-state index contributed by atoms with van der Waals surface area (Å²) in [5.41, 5.74) is 9.69. The number of hydrogen-bond donors (Lipinski definition) is 1. The van der Waals surface area contributed by atoms with Gasteiger partial charge in [0.25, 0.3) is 0 Å². The highest BCUT2D eigenvalue weighted by Crippen LogP contribution is 2.23. The van der Waals surface area contributed by atoms with E-state index < -0.39 is 0 Å². The smallest absolute Gasteiger partial charge is 0.0846 e. The summed E-state index contributed by atoms with van der Waals surface area (Å²) in [4.78, 5) is 0. The van der Waals surface area contributed by atoms with Crippen LogP contribution in [0, 0.1) is 6.92 Å². The number of hydrogen-bond acceptors (Lipinski definition) is 3. The van der Waals surface area contributed by atoms with E-state index in [1.165, 1.54) is 0 Å². The summed E-state index contributed by atoms with van der Waals surface area (Å²) in [5.74, 6) is 0. The zero-order valence-electron chi connectivity index (χ0n) is 10.8. The second kappa shape index (κ2) is 4.38. The summed E-state index contributed by atoms with van der Waals surface area (Å²) >= 11 is 3.58. The molecule has 0 amide bonds. The van der Waals surface area contributed by atoms with Crippen LogP contribution < -0.4 is 5.73 Å². The van der Waals surface area contributed by atoms with Crippen molar-refractivity contribution in [3.63, 3.8) is 0 Å². The third-order valence-corrected chi connectivity index (χ3v) is 4.26. The molecule has 2 aromatic heterocycles. The molecule has 19 heavy (non-hydrogen) atoms. The van der Waals surface area contributed by atoms with Gasteiger partial charge in [-0.3, -0.25) is 9.36 Å². The van der Waals surface area contributed by atoms with Crippen LogP contribution in [0.4, 0.5) is 5.69 Å². The quantitative estimate of drug-likeness (QED) is 0.738. The number of aromatic nitrogens is 4. The molecule has 0 unspecified atom stereocenters. The highest BCUT2D eigenvalue weighted by molar-refractivity contribution is 9.10. The summed E-state index contributed by atoms with van der Waals surface area (Å²) < 4.78 is 4.84. The first-order chi connectivity index (χ1) is 9.06. The summed E-state index contributed by atoms with van der Waals surface area (Å²) in [6, 6.07) is 5.82. The van der Waals surface area contributed by atoms with E-state index in [9.17, 15) is 0 Å². The van der Waals surface area contributed by atoms with E-state index in [4.69, 9.17) is 5.73 Å². The van der Waals surface area contributed by atoms with Crippen LogP contribution in [0.3, 0.4) is 0 Å². The predicted octanol–water partition coefficient (Wildman–Crippen LogP) is 2.47. The molecule has 1 aromatic carbocycles. The molecule has 3 aromatic rings. The Labute approximate surface area is 119 Å². The van der Waals surface area contributed by atoms with E-state index in [0.29, 0.717) is 6.54 Å². The lowest BCUT2D eigenvalue weighted by atomic mass is 10.2. The van der Waals surface area contributed by atoms with Gasteiger partial charge in [-0.1, -0.05) is 0 Å². The summed E-state index contributed by atoms with van der Waals surface area (Å²) in [6.07, 6.45) is 1.85. The third kappa shape index (κ3) is 2.02. The van der Waals surface area contributed by atoms with Crippen LogP contribution in [-0.2, 0) is 13.6 Å². The fraction of sp³-hybridized carbons (Fsp3) is 0.231. The van der Waals surface area contributed by atoms with Crippen LogP contribution in [0.2, 0.25) is 0 Å². The SMILES string of the molecule is Cc1nn(C)c(Cn2ncc3ccc(N)cc32)c1Br. The van der Waals surface area contributed by atoms with E-state index in [2.05, 4.69) is 26.1 Å². The maximum absolute atomic E-state index is 5.84. The van der Waals surface area contributed by atoms with Crippen LogP contribution in [0.5, 0.6) is 0 Å². The van der Waals surface area contributed by atoms with Gasteiger partial charge >= 0.3 is 0 Å². The molecule has 0 atom stereocenters. The lowest BCUT2D eigenvalue weighted by molar-refractivity contribution is 0.631. The number of benzene rings is 1. The standard InChI is InChI=1S/C13H14BrN5/c1-8-13(14)12(18(2)17-8)7-19-11-5-10(15)4-3-9(11)6-16-19/h3-6H,7,15H2,1-2H3. The molecule has 3 rings (SSSR count). The number of anilines is 1. The molecule has 98 valence electrons. The van der Waals surface area contributed by atoms with Crippen molar-refractivity contribution < 1.29 is 0 Å². The van der Waals surface area contributed by atoms with Crippen molar-refractivity contribution in [2.75, 3.05) is 5.73 Å². The molecule has 6 heteroatoms. The first-order valence-electron chi connectivity index (χ1n) is 5.95. The van der Waals surface area contributed by atoms with Crippen LogP contribution in [0.25, 0.3) is 10.9 Å². The summed E-state index contributed by atoms with van der Waals surface area (Å²) in [7, 11) is 1.94. The number of fused-ring (bicyclic) bond motifs is 1. The van der Waals surface area contributed by atoms with E-state index in [1.54, 1.807) is 0 Å². The van der Waals surface area contributed by atoms with Gasteiger partial charge in [0.1, 0.15) is 0 Å². The van der Waals surface area contributed by atoms with Gasteiger partial charge in [0.15, 0.2) is 0 Å². The molecule has 0 aliphatic rings. The molecule has 0 saturated heterocycles. The first kappa shape index (κ1) is 12.2. The maximum atomic E-state index is 5.84. The Morgan fingerprint density at radius 1 is 1.37 bits per heavy atom. The zero-order valence-corrected chi connectivity index (χ0v) is 12.3. The number of nitrogen functional groups attached to an aromatic ring is 1. The Bertz CT molecular complexity index is 756. The first-order valence-corrected chi connectivity index (χ1v) is 6.74. The molecule has 0 aliphatic heterocycles. The molecule has 0 radical (unpaired) electrons.